The summed E-state index contributed by atoms with van der Waals surface area (Å²) in [5, 5.41) is 0. The van der Waals surface area contributed by atoms with E-state index >= 15 is 0 Å². The summed E-state index contributed by atoms with van der Waals surface area (Å²) in [6, 6.07) is 8.90. The lowest BCUT2D eigenvalue weighted by Gasteiger charge is -2.08. The number of aryl methyl sites for hydroxylation is 1. The minimum absolute atomic E-state index is 0.107. The van der Waals surface area contributed by atoms with Crippen molar-refractivity contribution < 1.29 is 4.39 Å². The van der Waals surface area contributed by atoms with Gasteiger partial charge in [-0.1, -0.05) is 45.7 Å². The number of rotatable bonds is 3. The average Bonchev–Trinajstić information content (AvgIpc) is 2.63. The number of thiophene rings is 1. The smallest absolute Gasteiger partial charge is 0.126 e. The van der Waals surface area contributed by atoms with Gasteiger partial charge < -0.3 is 0 Å². The lowest BCUT2D eigenvalue weighted by molar-refractivity contribution is 0.608. The highest BCUT2D eigenvalue weighted by atomic mass is 79.9. The van der Waals surface area contributed by atoms with Crippen LogP contribution in [-0.2, 0) is 6.42 Å². The molecule has 1 aromatic heterocycles. The molecule has 0 saturated carbocycles. The SMILES string of the molecule is Cc1cc(C(Br)Cc2ccccc2F)sc1Cl. The van der Waals surface area contributed by atoms with Crippen molar-refractivity contribution in [1.82, 2.24) is 0 Å². The van der Waals surface area contributed by atoms with E-state index in [1.807, 2.05) is 25.1 Å². The van der Waals surface area contributed by atoms with Crippen LogP contribution in [0.25, 0.3) is 0 Å². The molecule has 0 aliphatic carbocycles. The number of hydrogen-bond acceptors (Lipinski definition) is 1. The summed E-state index contributed by atoms with van der Waals surface area (Å²) in [6.07, 6.45) is 0.628. The first-order valence-corrected chi connectivity index (χ1v) is 7.32. The summed E-state index contributed by atoms with van der Waals surface area (Å²) in [7, 11) is 0. The van der Waals surface area contributed by atoms with E-state index in [0.717, 1.165) is 20.3 Å². The van der Waals surface area contributed by atoms with Gasteiger partial charge in [0.05, 0.1) is 9.16 Å². The van der Waals surface area contributed by atoms with Gasteiger partial charge in [0, 0.05) is 4.88 Å². The molecule has 0 saturated heterocycles. The first-order valence-electron chi connectivity index (χ1n) is 5.21. The van der Waals surface area contributed by atoms with Crippen LogP contribution in [0.4, 0.5) is 4.39 Å². The molecule has 0 fully saturated rings. The van der Waals surface area contributed by atoms with Crippen molar-refractivity contribution in [2.75, 3.05) is 0 Å². The van der Waals surface area contributed by atoms with Crippen molar-refractivity contribution in [2.45, 2.75) is 18.2 Å². The van der Waals surface area contributed by atoms with Crippen molar-refractivity contribution in [3.8, 4) is 0 Å². The van der Waals surface area contributed by atoms with Crippen LogP contribution < -0.4 is 0 Å². The molecule has 0 bridgehead atoms. The molecular weight excluding hydrogens is 323 g/mol. The molecule has 0 amide bonds. The molecule has 17 heavy (non-hydrogen) atoms. The van der Waals surface area contributed by atoms with Gasteiger partial charge in [-0.25, -0.2) is 4.39 Å². The van der Waals surface area contributed by atoms with E-state index in [1.165, 1.54) is 6.07 Å². The van der Waals surface area contributed by atoms with Crippen LogP contribution in [-0.4, -0.2) is 0 Å². The molecule has 0 N–H and O–H groups in total. The molecule has 0 nitrogen and oxygen atoms in total. The van der Waals surface area contributed by atoms with Crippen LogP contribution in [0, 0.1) is 12.7 Å². The molecule has 1 aromatic carbocycles. The second kappa shape index (κ2) is 5.51. The molecule has 0 spiro atoms. The second-order valence-corrected chi connectivity index (χ2v) is 6.66. The maximum absolute atomic E-state index is 13.5. The predicted octanol–water partition coefficient (Wildman–Crippen LogP) is 5.53. The number of halogens is 3. The van der Waals surface area contributed by atoms with Crippen LogP contribution in [0.1, 0.15) is 20.8 Å². The first-order chi connectivity index (χ1) is 8.08. The quantitative estimate of drug-likeness (QED) is 0.648. The van der Waals surface area contributed by atoms with Gasteiger partial charge in [-0.2, -0.15) is 0 Å². The molecular formula is C13H11BrClFS. The van der Waals surface area contributed by atoms with Crippen molar-refractivity contribution in [3.05, 3.63) is 56.5 Å². The summed E-state index contributed by atoms with van der Waals surface area (Å²) >= 11 is 11.2. The highest BCUT2D eigenvalue weighted by Gasteiger charge is 2.14. The molecule has 0 radical (unpaired) electrons. The molecule has 1 atom stereocenters. The summed E-state index contributed by atoms with van der Waals surface area (Å²) in [5.41, 5.74) is 1.79. The van der Waals surface area contributed by atoms with Crippen molar-refractivity contribution in [3.63, 3.8) is 0 Å². The Hall–Kier alpha value is -0.380. The zero-order chi connectivity index (χ0) is 12.4. The predicted molar refractivity (Wildman–Crippen MR) is 75.8 cm³/mol. The van der Waals surface area contributed by atoms with E-state index in [1.54, 1.807) is 17.4 Å². The van der Waals surface area contributed by atoms with Crippen LogP contribution in [0.2, 0.25) is 4.34 Å². The van der Waals surface area contributed by atoms with Gasteiger partial charge in [-0.3, -0.25) is 0 Å². The van der Waals surface area contributed by atoms with Gasteiger partial charge in [0.15, 0.2) is 0 Å². The Kier molecular flexibility index (Phi) is 4.23. The fourth-order valence-electron chi connectivity index (χ4n) is 1.60. The molecule has 0 aliphatic rings. The fraction of sp³-hybridized carbons (Fsp3) is 0.231. The largest absolute Gasteiger partial charge is 0.207 e. The maximum atomic E-state index is 13.5. The third-order valence-corrected chi connectivity index (χ3v) is 5.33. The van der Waals surface area contributed by atoms with E-state index in [-0.39, 0.29) is 10.6 Å². The standard InChI is InChI=1S/C13H11BrClFS/c1-8-6-12(17-13(8)15)10(14)7-9-4-2-3-5-11(9)16/h2-6,10H,7H2,1H3. The topological polar surface area (TPSA) is 0 Å². The summed E-state index contributed by atoms with van der Waals surface area (Å²) in [6.45, 7) is 1.98. The second-order valence-electron chi connectivity index (χ2n) is 3.87. The number of alkyl halides is 1. The number of benzene rings is 1. The monoisotopic (exact) mass is 332 g/mol. The van der Waals surface area contributed by atoms with Gasteiger partial charge in [-0.15, -0.1) is 11.3 Å². The highest BCUT2D eigenvalue weighted by molar-refractivity contribution is 9.09. The normalized spacial score (nSPS) is 12.7. The van der Waals surface area contributed by atoms with E-state index in [9.17, 15) is 4.39 Å². The summed E-state index contributed by atoms with van der Waals surface area (Å²) in [4.78, 5) is 1.24. The van der Waals surface area contributed by atoms with E-state index < -0.39 is 0 Å². The zero-order valence-corrected chi connectivity index (χ0v) is 12.4. The Morgan fingerprint density at radius 1 is 1.41 bits per heavy atom. The molecule has 4 heteroatoms. The molecule has 2 rings (SSSR count). The molecule has 1 heterocycles. The van der Waals surface area contributed by atoms with Gasteiger partial charge in [-0.05, 0) is 36.6 Å². The zero-order valence-electron chi connectivity index (χ0n) is 9.21. The first kappa shape index (κ1) is 13.1. The lowest BCUT2D eigenvalue weighted by atomic mass is 10.1. The van der Waals surface area contributed by atoms with Gasteiger partial charge in [0.1, 0.15) is 5.82 Å². The van der Waals surface area contributed by atoms with E-state index in [0.29, 0.717) is 6.42 Å². The van der Waals surface area contributed by atoms with Crippen molar-refractivity contribution >= 4 is 38.9 Å². The molecule has 90 valence electrons. The number of hydrogen-bond donors (Lipinski definition) is 0. The summed E-state index contributed by atoms with van der Waals surface area (Å²) < 4.78 is 14.3. The third kappa shape index (κ3) is 3.09. The fourth-order valence-corrected chi connectivity index (χ4v) is 3.55. The van der Waals surface area contributed by atoms with Crippen LogP contribution >= 0.6 is 38.9 Å². The van der Waals surface area contributed by atoms with Crippen LogP contribution in [0.5, 0.6) is 0 Å². The Balaban J connectivity index is 2.17. The maximum Gasteiger partial charge on any atom is 0.126 e. The Morgan fingerprint density at radius 2 is 2.12 bits per heavy atom. The van der Waals surface area contributed by atoms with Gasteiger partial charge in [0.2, 0.25) is 0 Å². The lowest BCUT2D eigenvalue weighted by Crippen LogP contribution is -1.95. The van der Waals surface area contributed by atoms with Crippen LogP contribution in [0.15, 0.2) is 30.3 Å². The van der Waals surface area contributed by atoms with E-state index in [4.69, 9.17) is 11.6 Å². The molecule has 1 unspecified atom stereocenters. The van der Waals surface area contributed by atoms with Crippen LogP contribution in [0.3, 0.4) is 0 Å². The summed E-state index contributed by atoms with van der Waals surface area (Å²) in [5.74, 6) is -0.156. The van der Waals surface area contributed by atoms with Gasteiger partial charge in [0.25, 0.3) is 0 Å². The third-order valence-electron chi connectivity index (χ3n) is 2.54. The molecule has 2 aromatic rings. The Bertz CT molecular complexity index is 504. The van der Waals surface area contributed by atoms with E-state index in [2.05, 4.69) is 15.9 Å². The minimum atomic E-state index is -0.156. The van der Waals surface area contributed by atoms with Crippen molar-refractivity contribution in [1.29, 1.82) is 0 Å². The molecule has 0 aliphatic heterocycles. The Labute approximate surface area is 118 Å². The van der Waals surface area contributed by atoms with Gasteiger partial charge >= 0.3 is 0 Å². The highest BCUT2D eigenvalue weighted by Crippen LogP contribution is 2.37. The Morgan fingerprint density at radius 3 is 2.71 bits per heavy atom. The average molecular weight is 334 g/mol. The minimum Gasteiger partial charge on any atom is -0.207 e. The van der Waals surface area contributed by atoms with Crippen molar-refractivity contribution in [2.24, 2.45) is 0 Å².